The molecule has 4 nitrogen and oxygen atoms in total. The van der Waals surface area contributed by atoms with E-state index in [0.29, 0.717) is 17.9 Å². The maximum absolute atomic E-state index is 12.6. The van der Waals surface area contributed by atoms with Crippen LogP contribution >= 0.6 is 0 Å². The molecule has 1 fully saturated rings. The molecule has 4 heteroatoms. The van der Waals surface area contributed by atoms with Crippen molar-refractivity contribution in [3.05, 3.63) is 35.4 Å². The van der Waals surface area contributed by atoms with E-state index in [-0.39, 0.29) is 5.78 Å². The van der Waals surface area contributed by atoms with E-state index in [1.165, 1.54) is 6.08 Å². The molecule has 1 aromatic carbocycles. The Labute approximate surface area is 136 Å². The van der Waals surface area contributed by atoms with Gasteiger partial charge in [0.25, 0.3) is 0 Å². The van der Waals surface area contributed by atoms with Gasteiger partial charge >= 0.3 is 0 Å². The first-order valence-corrected chi connectivity index (χ1v) is 8.40. The molecule has 1 heterocycles. The van der Waals surface area contributed by atoms with E-state index in [1.54, 1.807) is 13.2 Å². The maximum atomic E-state index is 12.6. The summed E-state index contributed by atoms with van der Waals surface area (Å²) >= 11 is 0. The Hall–Kier alpha value is -1.81. The number of rotatable bonds is 2. The van der Waals surface area contributed by atoms with Crippen LogP contribution in [0.15, 0.2) is 24.3 Å². The monoisotopic (exact) mass is 314 g/mol. The van der Waals surface area contributed by atoms with Crippen LogP contribution in [0.5, 0.6) is 11.5 Å². The number of methoxy groups -OCH3 is 1. The Balaban J connectivity index is 2.04. The molecule has 1 saturated carbocycles. The summed E-state index contributed by atoms with van der Waals surface area (Å²) in [5.41, 5.74) is 0.425. The smallest absolute Gasteiger partial charge is 0.196 e. The highest BCUT2D eigenvalue weighted by Gasteiger charge is 2.65. The van der Waals surface area contributed by atoms with Gasteiger partial charge < -0.3 is 14.6 Å². The summed E-state index contributed by atoms with van der Waals surface area (Å²) < 4.78 is 11.6. The predicted octanol–water partition coefficient (Wildman–Crippen LogP) is 2.70. The molecule has 1 aliphatic heterocycles. The SMILES string of the molecule is CCc1ccc(OC)c2c1C13CCCCC1(O)C=CC(=O)C3O2. The van der Waals surface area contributed by atoms with E-state index in [0.717, 1.165) is 36.8 Å². The third-order valence-corrected chi connectivity index (χ3v) is 5.87. The number of hydrogen-bond donors (Lipinski definition) is 1. The fourth-order valence-corrected chi connectivity index (χ4v) is 4.79. The lowest BCUT2D eigenvalue weighted by Gasteiger charge is -2.50. The van der Waals surface area contributed by atoms with E-state index in [1.807, 2.05) is 12.1 Å². The molecule has 3 atom stereocenters. The van der Waals surface area contributed by atoms with Gasteiger partial charge in [0.15, 0.2) is 23.4 Å². The summed E-state index contributed by atoms with van der Waals surface area (Å²) in [6.07, 6.45) is 6.77. The average Bonchev–Trinajstić information content (AvgIpc) is 2.92. The third kappa shape index (κ3) is 1.67. The summed E-state index contributed by atoms with van der Waals surface area (Å²) in [4.78, 5) is 12.6. The Morgan fingerprint density at radius 1 is 1.35 bits per heavy atom. The van der Waals surface area contributed by atoms with Crippen molar-refractivity contribution in [3.8, 4) is 11.5 Å². The van der Waals surface area contributed by atoms with Crippen molar-refractivity contribution in [2.75, 3.05) is 7.11 Å². The number of aliphatic hydroxyl groups is 1. The molecule has 0 radical (unpaired) electrons. The van der Waals surface area contributed by atoms with Gasteiger partial charge in [0.1, 0.15) is 0 Å². The average molecular weight is 314 g/mol. The quantitative estimate of drug-likeness (QED) is 0.912. The van der Waals surface area contributed by atoms with Crippen molar-refractivity contribution in [2.24, 2.45) is 0 Å². The first kappa shape index (κ1) is 14.8. The Bertz CT molecular complexity index is 708. The molecule has 0 saturated heterocycles. The fraction of sp³-hybridized carbons (Fsp3) is 0.526. The Morgan fingerprint density at radius 3 is 2.87 bits per heavy atom. The highest BCUT2D eigenvalue weighted by molar-refractivity contribution is 5.98. The van der Waals surface area contributed by atoms with Crippen molar-refractivity contribution in [3.63, 3.8) is 0 Å². The third-order valence-electron chi connectivity index (χ3n) is 5.87. The van der Waals surface area contributed by atoms with Gasteiger partial charge in [-0.1, -0.05) is 25.8 Å². The van der Waals surface area contributed by atoms with Crippen LogP contribution in [0.2, 0.25) is 0 Å². The molecule has 0 amide bonds. The lowest BCUT2D eigenvalue weighted by atomic mass is 9.54. The summed E-state index contributed by atoms with van der Waals surface area (Å²) in [5, 5.41) is 11.4. The minimum atomic E-state index is -1.02. The van der Waals surface area contributed by atoms with Gasteiger partial charge in [-0.05, 0) is 43.0 Å². The van der Waals surface area contributed by atoms with Gasteiger partial charge in [0.05, 0.1) is 18.1 Å². The first-order chi connectivity index (χ1) is 11.1. The van der Waals surface area contributed by atoms with Gasteiger partial charge in [-0.3, -0.25) is 4.79 Å². The largest absolute Gasteiger partial charge is 0.493 e. The van der Waals surface area contributed by atoms with Crippen LogP contribution in [0.1, 0.15) is 43.7 Å². The number of ether oxygens (including phenoxy) is 2. The second-order valence-corrected chi connectivity index (χ2v) is 6.82. The zero-order valence-corrected chi connectivity index (χ0v) is 13.6. The topological polar surface area (TPSA) is 55.8 Å². The molecular weight excluding hydrogens is 292 g/mol. The van der Waals surface area contributed by atoms with Gasteiger partial charge in [-0.2, -0.15) is 0 Å². The van der Waals surface area contributed by atoms with Crippen LogP contribution in [0.3, 0.4) is 0 Å². The normalized spacial score (nSPS) is 34.4. The highest BCUT2D eigenvalue weighted by atomic mass is 16.5. The summed E-state index contributed by atoms with van der Waals surface area (Å²) in [6.45, 7) is 2.09. The molecule has 1 aromatic rings. The molecular formula is C19H22O4. The van der Waals surface area contributed by atoms with Crippen molar-refractivity contribution in [1.29, 1.82) is 0 Å². The van der Waals surface area contributed by atoms with Gasteiger partial charge in [-0.25, -0.2) is 0 Å². The number of carbonyl (C=O) groups is 1. The van der Waals surface area contributed by atoms with Crippen LogP contribution in [-0.2, 0) is 16.6 Å². The van der Waals surface area contributed by atoms with Gasteiger partial charge in [-0.15, -0.1) is 0 Å². The molecule has 1 spiro atoms. The second-order valence-electron chi connectivity index (χ2n) is 6.82. The molecule has 23 heavy (non-hydrogen) atoms. The first-order valence-electron chi connectivity index (χ1n) is 8.40. The van der Waals surface area contributed by atoms with Crippen molar-refractivity contribution in [2.45, 2.75) is 56.1 Å². The molecule has 122 valence electrons. The molecule has 0 bridgehead atoms. The van der Waals surface area contributed by atoms with Crippen LogP contribution in [-0.4, -0.2) is 29.7 Å². The number of benzene rings is 1. The Morgan fingerprint density at radius 2 is 2.13 bits per heavy atom. The summed E-state index contributed by atoms with van der Waals surface area (Å²) in [5.74, 6) is 1.23. The molecule has 0 aromatic heterocycles. The van der Waals surface area contributed by atoms with E-state index < -0.39 is 17.1 Å². The summed E-state index contributed by atoms with van der Waals surface area (Å²) in [6, 6.07) is 3.93. The zero-order valence-electron chi connectivity index (χ0n) is 13.6. The molecule has 3 aliphatic rings. The Kier molecular flexibility index (Phi) is 3.11. The minimum absolute atomic E-state index is 0.0584. The molecule has 3 unspecified atom stereocenters. The summed E-state index contributed by atoms with van der Waals surface area (Å²) in [7, 11) is 1.61. The standard InChI is InChI=1S/C19H22O4/c1-3-12-6-7-14(22-2)16-15(12)19-10-5-4-9-18(19,21)11-8-13(20)17(19)23-16/h6-8,11,17,21H,3-5,9-10H2,1-2H3. The number of fused-ring (bicyclic) bond motifs is 1. The molecule has 2 aliphatic carbocycles. The van der Waals surface area contributed by atoms with Gasteiger partial charge in [0.2, 0.25) is 0 Å². The highest BCUT2D eigenvalue weighted by Crippen LogP contribution is 2.61. The van der Waals surface area contributed by atoms with Gasteiger partial charge in [0, 0.05) is 5.56 Å². The van der Waals surface area contributed by atoms with Crippen LogP contribution in [0, 0.1) is 0 Å². The number of hydrogen-bond acceptors (Lipinski definition) is 4. The van der Waals surface area contributed by atoms with Crippen molar-refractivity contribution < 1.29 is 19.4 Å². The van der Waals surface area contributed by atoms with E-state index in [9.17, 15) is 9.90 Å². The molecule has 1 N–H and O–H groups in total. The fourth-order valence-electron chi connectivity index (χ4n) is 4.79. The maximum Gasteiger partial charge on any atom is 0.196 e. The zero-order chi connectivity index (χ0) is 16.2. The van der Waals surface area contributed by atoms with Crippen molar-refractivity contribution in [1.82, 2.24) is 0 Å². The lowest BCUT2D eigenvalue weighted by molar-refractivity contribution is -0.134. The van der Waals surface area contributed by atoms with E-state index in [2.05, 4.69) is 6.92 Å². The minimum Gasteiger partial charge on any atom is -0.493 e. The van der Waals surface area contributed by atoms with E-state index >= 15 is 0 Å². The van der Waals surface area contributed by atoms with Crippen LogP contribution in [0.25, 0.3) is 0 Å². The van der Waals surface area contributed by atoms with E-state index in [4.69, 9.17) is 9.47 Å². The molecule has 4 rings (SSSR count). The van der Waals surface area contributed by atoms with Crippen LogP contribution < -0.4 is 9.47 Å². The lowest BCUT2D eigenvalue weighted by Crippen LogP contribution is -2.62. The predicted molar refractivity (Wildman–Crippen MR) is 86.0 cm³/mol. The second kappa shape index (κ2) is 4.84. The number of ketones is 1. The van der Waals surface area contributed by atoms with Crippen molar-refractivity contribution >= 4 is 5.78 Å². The van der Waals surface area contributed by atoms with Crippen LogP contribution in [0.4, 0.5) is 0 Å². The number of aryl methyl sites for hydroxylation is 1. The number of carbonyl (C=O) groups excluding carboxylic acids is 1.